The van der Waals surface area contributed by atoms with Crippen LogP contribution in [0.4, 0.5) is 0 Å². The molecule has 0 unspecified atom stereocenters. The lowest BCUT2D eigenvalue weighted by atomic mass is 10.0. The van der Waals surface area contributed by atoms with E-state index in [1.807, 2.05) is 64.6 Å². The van der Waals surface area contributed by atoms with Gasteiger partial charge in [-0.3, -0.25) is 4.79 Å². The van der Waals surface area contributed by atoms with Crippen molar-refractivity contribution in [2.45, 2.75) is 54.4 Å². The number of amides is 1. The zero-order valence-corrected chi connectivity index (χ0v) is 13.4. The van der Waals surface area contributed by atoms with Gasteiger partial charge >= 0.3 is 0 Å². The Labute approximate surface area is 118 Å². The topological polar surface area (TPSA) is 20.3 Å². The Kier molecular flexibility index (Phi) is 8.94. The third-order valence-corrected chi connectivity index (χ3v) is 3.09. The number of benzene rings is 1. The first-order valence-electron chi connectivity index (χ1n) is 7.55. The second-order valence-electron chi connectivity index (χ2n) is 4.27. The van der Waals surface area contributed by atoms with Gasteiger partial charge in [0.15, 0.2) is 0 Å². The van der Waals surface area contributed by atoms with Crippen molar-refractivity contribution in [1.82, 2.24) is 4.90 Å². The Bertz CT molecular complexity index is 359. The molecule has 1 aromatic carbocycles. The van der Waals surface area contributed by atoms with E-state index in [2.05, 4.69) is 0 Å². The molecular weight excluding hydrogens is 234 g/mol. The first-order valence-corrected chi connectivity index (χ1v) is 7.55. The zero-order valence-electron chi connectivity index (χ0n) is 13.4. The minimum atomic E-state index is 0.211. The highest BCUT2D eigenvalue weighted by molar-refractivity contribution is 5.97. The van der Waals surface area contributed by atoms with Crippen LogP contribution in [0.5, 0.6) is 0 Å². The van der Waals surface area contributed by atoms with Gasteiger partial charge in [-0.05, 0) is 37.8 Å². The molecule has 1 heterocycles. The molecule has 108 valence electrons. The minimum Gasteiger partial charge on any atom is -0.339 e. The highest BCUT2D eigenvalue weighted by atomic mass is 16.2. The first-order chi connectivity index (χ1) is 9.20. The average molecular weight is 263 g/mol. The zero-order chi connectivity index (χ0) is 14.8. The lowest BCUT2D eigenvalue weighted by Crippen LogP contribution is -2.28. The summed E-state index contributed by atoms with van der Waals surface area (Å²) in [5.41, 5.74) is 3.08. The molecule has 0 bridgehead atoms. The van der Waals surface area contributed by atoms with Crippen LogP contribution in [0.15, 0.2) is 18.2 Å². The third kappa shape index (κ3) is 4.70. The molecule has 0 spiro atoms. The summed E-state index contributed by atoms with van der Waals surface area (Å²) in [5, 5.41) is 0. The van der Waals surface area contributed by atoms with Gasteiger partial charge < -0.3 is 4.90 Å². The maximum absolute atomic E-state index is 12.2. The van der Waals surface area contributed by atoms with E-state index in [4.69, 9.17) is 0 Å². The summed E-state index contributed by atoms with van der Waals surface area (Å²) in [7, 11) is 0. The van der Waals surface area contributed by atoms with Crippen LogP contribution >= 0.6 is 0 Å². The van der Waals surface area contributed by atoms with Crippen molar-refractivity contribution < 1.29 is 4.79 Å². The van der Waals surface area contributed by atoms with Gasteiger partial charge in [0.05, 0.1) is 0 Å². The van der Waals surface area contributed by atoms with Gasteiger partial charge in [0.2, 0.25) is 0 Å². The van der Waals surface area contributed by atoms with Gasteiger partial charge in [-0.15, -0.1) is 0 Å². The predicted octanol–water partition coefficient (Wildman–Crippen LogP) is 4.59. The van der Waals surface area contributed by atoms with E-state index in [0.29, 0.717) is 0 Å². The van der Waals surface area contributed by atoms with Crippen LogP contribution in [0, 0.1) is 13.8 Å². The standard InChI is InChI=1S/C13H17NO.2C2H6/c1-10-6-5-7-11(2)12(10)13(15)14-8-3-4-9-14;2*1-2/h5-7H,3-4,8-9H2,1-2H3;2*1-2H3. The van der Waals surface area contributed by atoms with Crippen molar-refractivity contribution in [2.24, 2.45) is 0 Å². The maximum Gasteiger partial charge on any atom is 0.254 e. The van der Waals surface area contributed by atoms with Gasteiger partial charge in [-0.1, -0.05) is 45.9 Å². The van der Waals surface area contributed by atoms with Gasteiger partial charge in [0, 0.05) is 18.7 Å². The van der Waals surface area contributed by atoms with E-state index >= 15 is 0 Å². The lowest BCUT2D eigenvalue weighted by molar-refractivity contribution is 0.0791. The largest absolute Gasteiger partial charge is 0.339 e. The van der Waals surface area contributed by atoms with Gasteiger partial charge in [-0.2, -0.15) is 0 Å². The van der Waals surface area contributed by atoms with E-state index in [-0.39, 0.29) is 5.91 Å². The van der Waals surface area contributed by atoms with Crippen molar-refractivity contribution in [3.05, 3.63) is 34.9 Å². The molecule has 1 fully saturated rings. The molecule has 19 heavy (non-hydrogen) atoms. The monoisotopic (exact) mass is 263 g/mol. The van der Waals surface area contributed by atoms with Crippen molar-refractivity contribution in [3.8, 4) is 0 Å². The lowest BCUT2D eigenvalue weighted by Gasteiger charge is -2.18. The quantitative estimate of drug-likeness (QED) is 0.725. The van der Waals surface area contributed by atoms with Gasteiger partial charge in [-0.25, -0.2) is 0 Å². The fraction of sp³-hybridized carbons (Fsp3) is 0.588. The molecular formula is C17H29NO. The Morgan fingerprint density at radius 3 is 1.79 bits per heavy atom. The van der Waals surface area contributed by atoms with Crippen molar-refractivity contribution in [1.29, 1.82) is 0 Å². The van der Waals surface area contributed by atoms with E-state index in [0.717, 1.165) is 42.6 Å². The Morgan fingerprint density at radius 1 is 0.947 bits per heavy atom. The number of carbonyl (C=O) groups is 1. The molecule has 0 aromatic heterocycles. The van der Waals surface area contributed by atoms with E-state index < -0.39 is 0 Å². The maximum atomic E-state index is 12.2. The molecule has 1 aliphatic heterocycles. The summed E-state index contributed by atoms with van der Waals surface area (Å²) in [4.78, 5) is 14.2. The Hall–Kier alpha value is -1.31. The van der Waals surface area contributed by atoms with Crippen LogP contribution in [-0.2, 0) is 0 Å². The second-order valence-corrected chi connectivity index (χ2v) is 4.27. The normalized spacial score (nSPS) is 13.1. The highest BCUT2D eigenvalue weighted by Crippen LogP contribution is 2.18. The predicted molar refractivity (Wildman–Crippen MR) is 83.7 cm³/mol. The average Bonchev–Trinajstić information content (AvgIpc) is 2.97. The number of carbonyl (C=O) groups excluding carboxylic acids is 1. The van der Waals surface area contributed by atoms with E-state index in [1.54, 1.807) is 0 Å². The van der Waals surface area contributed by atoms with Gasteiger partial charge in [0.1, 0.15) is 0 Å². The fourth-order valence-electron chi connectivity index (χ4n) is 2.23. The number of rotatable bonds is 1. The molecule has 2 heteroatoms. The SMILES string of the molecule is CC.CC.Cc1cccc(C)c1C(=O)N1CCCC1. The number of hydrogen-bond acceptors (Lipinski definition) is 1. The highest BCUT2D eigenvalue weighted by Gasteiger charge is 2.21. The minimum absolute atomic E-state index is 0.211. The molecule has 0 radical (unpaired) electrons. The molecule has 0 atom stereocenters. The summed E-state index contributed by atoms with van der Waals surface area (Å²) in [5.74, 6) is 0.211. The third-order valence-electron chi connectivity index (χ3n) is 3.09. The summed E-state index contributed by atoms with van der Waals surface area (Å²) in [6.45, 7) is 13.9. The van der Waals surface area contributed by atoms with Crippen molar-refractivity contribution in [3.63, 3.8) is 0 Å². The van der Waals surface area contributed by atoms with Crippen molar-refractivity contribution >= 4 is 5.91 Å². The molecule has 2 rings (SSSR count). The number of nitrogens with zero attached hydrogens (tertiary/aromatic N) is 1. The molecule has 1 saturated heterocycles. The van der Waals surface area contributed by atoms with Crippen LogP contribution in [0.25, 0.3) is 0 Å². The summed E-state index contributed by atoms with van der Waals surface area (Å²) >= 11 is 0. The molecule has 0 N–H and O–H groups in total. The van der Waals surface area contributed by atoms with Crippen LogP contribution in [0.2, 0.25) is 0 Å². The smallest absolute Gasteiger partial charge is 0.254 e. The summed E-state index contributed by atoms with van der Waals surface area (Å²) < 4.78 is 0. The summed E-state index contributed by atoms with van der Waals surface area (Å²) in [6, 6.07) is 6.03. The molecule has 2 nitrogen and oxygen atoms in total. The van der Waals surface area contributed by atoms with Gasteiger partial charge in [0.25, 0.3) is 5.91 Å². The number of aryl methyl sites for hydroxylation is 2. The Morgan fingerprint density at radius 2 is 1.37 bits per heavy atom. The van der Waals surface area contributed by atoms with Crippen LogP contribution < -0.4 is 0 Å². The molecule has 0 saturated carbocycles. The van der Waals surface area contributed by atoms with Crippen LogP contribution in [0.1, 0.15) is 62.0 Å². The molecule has 1 amide bonds. The fourth-order valence-corrected chi connectivity index (χ4v) is 2.23. The number of hydrogen-bond donors (Lipinski definition) is 0. The van der Waals surface area contributed by atoms with Crippen LogP contribution in [-0.4, -0.2) is 23.9 Å². The van der Waals surface area contributed by atoms with Crippen LogP contribution in [0.3, 0.4) is 0 Å². The first kappa shape index (κ1) is 17.7. The van der Waals surface area contributed by atoms with E-state index in [9.17, 15) is 4.79 Å². The molecule has 1 aromatic rings. The summed E-state index contributed by atoms with van der Waals surface area (Å²) in [6.07, 6.45) is 2.30. The second kappa shape index (κ2) is 9.60. The Balaban J connectivity index is 0.000000741. The number of likely N-dealkylation sites (tertiary alicyclic amines) is 1. The molecule has 1 aliphatic rings. The van der Waals surface area contributed by atoms with E-state index in [1.165, 1.54) is 0 Å². The van der Waals surface area contributed by atoms with Crippen molar-refractivity contribution in [2.75, 3.05) is 13.1 Å². The molecule has 0 aliphatic carbocycles.